The Morgan fingerprint density at radius 1 is 1.29 bits per heavy atom. The summed E-state index contributed by atoms with van der Waals surface area (Å²) in [6.07, 6.45) is 8.09. The van der Waals surface area contributed by atoms with Crippen molar-refractivity contribution in [2.24, 2.45) is 0 Å². The lowest BCUT2D eigenvalue weighted by atomic mass is 9.81. The third-order valence-electron chi connectivity index (χ3n) is 3.61. The Bertz CT molecular complexity index is 316. The Balaban J connectivity index is 3.01. The van der Waals surface area contributed by atoms with Gasteiger partial charge in [0.15, 0.2) is 0 Å². The summed E-state index contributed by atoms with van der Waals surface area (Å²) in [4.78, 5) is 2.36. The first kappa shape index (κ1) is 14.2. The van der Waals surface area contributed by atoms with Crippen molar-refractivity contribution in [2.75, 3.05) is 27.2 Å². The van der Waals surface area contributed by atoms with Gasteiger partial charge in [-0.15, -0.1) is 0 Å². The number of likely N-dealkylation sites (tertiary alicyclic amines) is 1. The third-order valence-corrected chi connectivity index (χ3v) is 3.61. The predicted octanol–water partition coefficient (Wildman–Crippen LogP) is 3.18. The molecule has 1 heterocycles. The van der Waals surface area contributed by atoms with E-state index in [1.807, 2.05) is 19.3 Å². The minimum absolute atomic E-state index is 0.106. The minimum Gasteiger partial charge on any atom is -0.373 e. The van der Waals surface area contributed by atoms with E-state index in [0.717, 1.165) is 25.9 Å². The van der Waals surface area contributed by atoms with Crippen molar-refractivity contribution in [3.05, 3.63) is 36.0 Å². The highest BCUT2D eigenvalue weighted by atomic mass is 16.5. The maximum Gasteiger partial charge on any atom is 0.0951 e. The summed E-state index contributed by atoms with van der Waals surface area (Å²) in [5.74, 6) is 0. The molecule has 1 fully saturated rings. The Labute approximate surface area is 106 Å². The quantitative estimate of drug-likeness (QED) is 0.694. The Hall–Kier alpha value is -0.860. The van der Waals surface area contributed by atoms with Crippen LogP contribution in [0.3, 0.4) is 0 Å². The predicted molar refractivity (Wildman–Crippen MR) is 74.2 cm³/mol. The van der Waals surface area contributed by atoms with Crippen molar-refractivity contribution < 1.29 is 4.74 Å². The molecule has 0 aromatic rings. The first-order valence-electron chi connectivity index (χ1n) is 6.26. The molecule has 0 bridgehead atoms. The molecule has 0 atom stereocenters. The molecule has 0 aliphatic carbocycles. The molecular formula is C15H25NO. The molecule has 2 nitrogen and oxygen atoms in total. The van der Waals surface area contributed by atoms with Gasteiger partial charge in [0.25, 0.3) is 0 Å². The number of piperidine rings is 1. The monoisotopic (exact) mass is 235 g/mol. The molecule has 17 heavy (non-hydrogen) atoms. The Morgan fingerprint density at radius 3 is 2.29 bits per heavy atom. The van der Waals surface area contributed by atoms with Crippen LogP contribution in [0.15, 0.2) is 36.0 Å². The van der Waals surface area contributed by atoms with E-state index in [1.165, 1.54) is 11.1 Å². The molecule has 0 N–H and O–H groups in total. The number of methoxy groups -OCH3 is 1. The van der Waals surface area contributed by atoms with Crippen LogP contribution in [-0.2, 0) is 4.74 Å². The molecule has 0 saturated carbocycles. The zero-order valence-electron chi connectivity index (χ0n) is 11.6. The molecule has 0 amide bonds. The van der Waals surface area contributed by atoms with E-state index in [1.54, 1.807) is 0 Å². The molecule has 1 saturated heterocycles. The molecule has 0 unspecified atom stereocenters. The Morgan fingerprint density at radius 2 is 1.88 bits per heavy atom. The first-order chi connectivity index (χ1) is 8.05. The van der Waals surface area contributed by atoms with Crippen molar-refractivity contribution >= 4 is 0 Å². The minimum atomic E-state index is -0.106. The van der Waals surface area contributed by atoms with Gasteiger partial charge in [0, 0.05) is 20.2 Å². The van der Waals surface area contributed by atoms with E-state index >= 15 is 0 Å². The average molecular weight is 235 g/mol. The normalized spacial score (nSPS) is 20.5. The van der Waals surface area contributed by atoms with Gasteiger partial charge < -0.3 is 9.64 Å². The van der Waals surface area contributed by atoms with Gasteiger partial charge in [-0.2, -0.15) is 0 Å². The van der Waals surface area contributed by atoms with Crippen molar-refractivity contribution in [3.8, 4) is 0 Å². The zero-order chi connectivity index (χ0) is 12.9. The standard InChI is InChI=1S/C15H25NO/c1-6-7-8-14(13(2)3)15(17-5)9-11-16(4)12-10-15/h6-8H,1,9-12H2,2-5H3/b8-7-. The zero-order valence-corrected chi connectivity index (χ0v) is 11.6. The molecule has 1 aliphatic rings. The van der Waals surface area contributed by atoms with Gasteiger partial charge in [0.1, 0.15) is 0 Å². The molecule has 0 spiro atoms. The van der Waals surface area contributed by atoms with Crippen LogP contribution >= 0.6 is 0 Å². The van der Waals surface area contributed by atoms with E-state index in [0.29, 0.717) is 0 Å². The molecule has 96 valence electrons. The van der Waals surface area contributed by atoms with Gasteiger partial charge >= 0.3 is 0 Å². The van der Waals surface area contributed by atoms with Crippen LogP contribution in [0.25, 0.3) is 0 Å². The van der Waals surface area contributed by atoms with E-state index in [-0.39, 0.29) is 5.60 Å². The SMILES string of the molecule is C=C/C=C\C(=C(C)C)C1(OC)CCN(C)CC1. The lowest BCUT2D eigenvalue weighted by molar-refractivity contribution is -0.0221. The third kappa shape index (κ3) is 3.30. The van der Waals surface area contributed by atoms with Crippen LogP contribution in [0.2, 0.25) is 0 Å². The van der Waals surface area contributed by atoms with Gasteiger partial charge in [-0.3, -0.25) is 0 Å². The smallest absolute Gasteiger partial charge is 0.0951 e. The lowest BCUT2D eigenvalue weighted by Gasteiger charge is -2.41. The van der Waals surface area contributed by atoms with Gasteiger partial charge in [0.2, 0.25) is 0 Å². The summed E-state index contributed by atoms with van der Waals surface area (Å²) in [7, 11) is 4.00. The van der Waals surface area contributed by atoms with Crippen molar-refractivity contribution in [2.45, 2.75) is 32.3 Å². The number of allylic oxidation sites excluding steroid dienone is 3. The fraction of sp³-hybridized carbons (Fsp3) is 0.600. The molecule has 0 aromatic carbocycles. The van der Waals surface area contributed by atoms with Crippen LogP contribution < -0.4 is 0 Å². The highest BCUT2D eigenvalue weighted by Gasteiger charge is 2.36. The number of ether oxygens (including phenoxy) is 1. The van der Waals surface area contributed by atoms with Gasteiger partial charge in [-0.25, -0.2) is 0 Å². The van der Waals surface area contributed by atoms with Crippen molar-refractivity contribution in [1.82, 2.24) is 4.90 Å². The van der Waals surface area contributed by atoms with E-state index in [2.05, 4.69) is 38.5 Å². The molecule has 0 radical (unpaired) electrons. The average Bonchev–Trinajstić information content (AvgIpc) is 2.32. The highest BCUT2D eigenvalue weighted by Crippen LogP contribution is 2.35. The molecule has 1 aliphatic heterocycles. The molecule has 0 aromatic heterocycles. The van der Waals surface area contributed by atoms with Crippen LogP contribution in [0.5, 0.6) is 0 Å². The maximum absolute atomic E-state index is 5.88. The molecular weight excluding hydrogens is 210 g/mol. The van der Waals surface area contributed by atoms with E-state index in [9.17, 15) is 0 Å². The number of hydrogen-bond donors (Lipinski definition) is 0. The fourth-order valence-corrected chi connectivity index (χ4v) is 2.50. The summed E-state index contributed by atoms with van der Waals surface area (Å²) in [5, 5.41) is 0. The summed E-state index contributed by atoms with van der Waals surface area (Å²) in [5.41, 5.74) is 2.53. The highest BCUT2D eigenvalue weighted by molar-refractivity contribution is 5.35. The van der Waals surface area contributed by atoms with Crippen molar-refractivity contribution in [3.63, 3.8) is 0 Å². The molecule has 2 heteroatoms. The van der Waals surface area contributed by atoms with Crippen molar-refractivity contribution in [1.29, 1.82) is 0 Å². The largest absolute Gasteiger partial charge is 0.373 e. The fourth-order valence-electron chi connectivity index (χ4n) is 2.50. The maximum atomic E-state index is 5.88. The summed E-state index contributed by atoms with van der Waals surface area (Å²) < 4.78 is 5.88. The number of hydrogen-bond acceptors (Lipinski definition) is 2. The molecule has 1 rings (SSSR count). The summed E-state index contributed by atoms with van der Waals surface area (Å²) in [6.45, 7) is 10.2. The number of nitrogens with zero attached hydrogens (tertiary/aromatic N) is 1. The van der Waals surface area contributed by atoms with E-state index in [4.69, 9.17) is 4.74 Å². The first-order valence-corrected chi connectivity index (χ1v) is 6.26. The van der Waals surface area contributed by atoms with Gasteiger partial charge in [-0.1, -0.05) is 30.4 Å². The second-order valence-corrected chi connectivity index (χ2v) is 5.01. The van der Waals surface area contributed by atoms with Gasteiger partial charge in [-0.05, 0) is 39.3 Å². The van der Waals surface area contributed by atoms with E-state index < -0.39 is 0 Å². The second-order valence-electron chi connectivity index (χ2n) is 5.01. The van der Waals surface area contributed by atoms with Gasteiger partial charge in [0.05, 0.1) is 5.60 Å². The Kier molecular flexibility index (Phi) is 5.16. The topological polar surface area (TPSA) is 12.5 Å². The van der Waals surface area contributed by atoms with Crippen LogP contribution in [0, 0.1) is 0 Å². The number of rotatable bonds is 4. The second kappa shape index (κ2) is 6.18. The van der Waals surface area contributed by atoms with Crippen LogP contribution in [-0.4, -0.2) is 37.7 Å². The summed E-state index contributed by atoms with van der Waals surface area (Å²) >= 11 is 0. The van der Waals surface area contributed by atoms with Crippen LogP contribution in [0.4, 0.5) is 0 Å². The summed E-state index contributed by atoms with van der Waals surface area (Å²) in [6, 6.07) is 0. The lowest BCUT2D eigenvalue weighted by Crippen LogP contribution is -2.45. The van der Waals surface area contributed by atoms with Crippen LogP contribution in [0.1, 0.15) is 26.7 Å².